The van der Waals surface area contributed by atoms with Crippen LogP contribution in [0.15, 0.2) is 39.4 Å². The van der Waals surface area contributed by atoms with Crippen LogP contribution in [0, 0.1) is 0 Å². The maximum atomic E-state index is 12.5. The number of nitrogens with zero attached hydrogens (tertiary/aromatic N) is 2. The van der Waals surface area contributed by atoms with E-state index in [-0.39, 0.29) is 5.56 Å². The second-order valence-electron chi connectivity index (χ2n) is 2.92. The molecule has 0 radical (unpaired) electrons. The van der Waals surface area contributed by atoms with E-state index in [1.165, 1.54) is 24.3 Å². The third-order valence-corrected chi connectivity index (χ3v) is 2.26. The molecule has 0 aliphatic carbocycles. The lowest BCUT2D eigenvalue weighted by atomic mass is 10.0. The smallest absolute Gasteiger partial charge is 0.166 e. The molecular weight excluding hydrogens is 213 g/mol. The molecule has 6 heteroatoms. The first kappa shape index (κ1) is 9.51. The molecule has 0 N–H and O–H groups in total. The van der Waals surface area contributed by atoms with Gasteiger partial charge in [0.25, 0.3) is 0 Å². The lowest BCUT2D eigenvalue weighted by Crippen LogP contribution is -2.29. The molecule has 0 unspecified atom stereocenters. The van der Waals surface area contributed by atoms with E-state index in [1.54, 1.807) is 0 Å². The first-order chi connectivity index (χ1) is 6.46. The minimum atomic E-state index is -4.45. The summed E-state index contributed by atoms with van der Waals surface area (Å²) in [5, 5.41) is 6.16. The van der Waals surface area contributed by atoms with Gasteiger partial charge in [-0.05, 0) is 12.1 Å². The Balaban J connectivity index is 2.37. The van der Waals surface area contributed by atoms with Crippen molar-refractivity contribution in [3.8, 4) is 0 Å². The summed E-state index contributed by atoms with van der Waals surface area (Å²) >= 11 is 3.98. The van der Waals surface area contributed by atoms with E-state index < -0.39 is 11.8 Å². The number of halogens is 3. The van der Waals surface area contributed by atoms with Gasteiger partial charge in [0.15, 0.2) is 0 Å². The van der Waals surface area contributed by atoms with Gasteiger partial charge in [-0.1, -0.05) is 12.1 Å². The Morgan fingerprint density at radius 2 is 1.57 bits per heavy atom. The van der Waals surface area contributed by atoms with E-state index in [1.807, 2.05) is 0 Å². The van der Waals surface area contributed by atoms with Gasteiger partial charge in [0, 0.05) is 10.5 Å². The van der Waals surface area contributed by atoms with Crippen LogP contribution in [0.4, 0.5) is 13.2 Å². The Hall–Kier alpha value is -1.04. The average molecular weight is 218 g/mol. The van der Waals surface area contributed by atoms with Crippen molar-refractivity contribution in [2.45, 2.75) is 16.7 Å². The largest absolute Gasteiger partial charge is 0.442 e. The average Bonchev–Trinajstić information content (AvgIpc) is 2.84. The molecule has 74 valence electrons. The molecule has 2 rings (SSSR count). The second-order valence-corrected chi connectivity index (χ2v) is 3.43. The van der Waals surface area contributed by atoms with Crippen molar-refractivity contribution in [1.29, 1.82) is 0 Å². The molecule has 0 amide bonds. The standard InChI is InChI=1S/C8H5F3N2S/c9-8(10,11)7(12-13-7)5-1-3-6(14)4-2-5/h1-4,14H. The van der Waals surface area contributed by atoms with Crippen LogP contribution in [0.25, 0.3) is 0 Å². The molecule has 0 saturated heterocycles. The number of rotatable bonds is 1. The van der Waals surface area contributed by atoms with Crippen molar-refractivity contribution in [3.05, 3.63) is 29.8 Å². The molecule has 0 fully saturated rings. The van der Waals surface area contributed by atoms with Gasteiger partial charge >= 0.3 is 11.8 Å². The SMILES string of the molecule is FC(F)(F)C1(c2ccc(S)cc2)N=N1. The Bertz CT molecular complexity index is 377. The van der Waals surface area contributed by atoms with Crippen LogP contribution in [0.2, 0.25) is 0 Å². The fraction of sp³-hybridized carbons (Fsp3) is 0.250. The predicted molar refractivity (Wildman–Crippen MR) is 46.3 cm³/mol. The minimum Gasteiger partial charge on any atom is -0.166 e. The molecule has 0 atom stereocenters. The summed E-state index contributed by atoms with van der Waals surface area (Å²) in [6.45, 7) is 0. The highest BCUT2D eigenvalue weighted by Gasteiger charge is 2.65. The van der Waals surface area contributed by atoms with Crippen molar-refractivity contribution in [2.24, 2.45) is 10.2 Å². The minimum absolute atomic E-state index is 0.0304. The molecule has 0 saturated carbocycles. The fourth-order valence-electron chi connectivity index (χ4n) is 1.14. The highest BCUT2D eigenvalue weighted by atomic mass is 32.1. The number of alkyl halides is 3. The Morgan fingerprint density at radius 3 is 1.93 bits per heavy atom. The van der Waals surface area contributed by atoms with Crippen LogP contribution in [0.3, 0.4) is 0 Å². The third kappa shape index (κ3) is 1.30. The molecule has 1 aromatic rings. The molecule has 2 nitrogen and oxygen atoms in total. The third-order valence-electron chi connectivity index (χ3n) is 1.97. The summed E-state index contributed by atoms with van der Waals surface area (Å²) in [6, 6.07) is 5.62. The van der Waals surface area contributed by atoms with Crippen molar-refractivity contribution < 1.29 is 13.2 Å². The maximum Gasteiger partial charge on any atom is 0.442 e. The van der Waals surface area contributed by atoms with E-state index >= 15 is 0 Å². The van der Waals surface area contributed by atoms with E-state index in [2.05, 4.69) is 22.9 Å². The van der Waals surface area contributed by atoms with Gasteiger partial charge in [-0.15, -0.1) is 22.9 Å². The quantitative estimate of drug-likeness (QED) is 0.700. The van der Waals surface area contributed by atoms with E-state index in [0.29, 0.717) is 4.90 Å². The molecule has 1 heterocycles. The van der Waals surface area contributed by atoms with Crippen LogP contribution in [-0.2, 0) is 5.66 Å². The second kappa shape index (κ2) is 2.73. The zero-order chi connectivity index (χ0) is 10.4. The van der Waals surface area contributed by atoms with E-state index in [9.17, 15) is 13.2 Å². The molecule has 14 heavy (non-hydrogen) atoms. The summed E-state index contributed by atoms with van der Waals surface area (Å²) < 4.78 is 37.4. The lowest BCUT2D eigenvalue weighted by molar-refractivity contribution is -0.166. The first-order valence-electron chi connectivity index (χ1n) is 3.76. The predicted octanol–water partition coefficient (Wildman–Crippen LogP) is 3.16. The summed E-state index contributed by atoms with van der Waals surface area (Å²) in [5.41, 5.74) is -2.28. The summed E-state index contributed by atoms with van der Waals surface area (Å²) in [5.74, 6) is 0. The van der Waals surface area contributed by atoms with Gasteiger partial charge in [0.1, 0.15) is 0 Å². The number of thiol groups is 1. The van der Waals surface area contributed by atoms with Gasteiger partial charge in [0.05, 0.1) is 0 Å². The van der Waals surface area contributed by atoms with Gasteiger partial charge in [0.2, 0.25) is 0 Å². The Labute approximate surface area is 83.3 Å². The van der Waals surface area contributed by atoms with E-state index in [0.717, 1.165) is 0 Å². The van der Waals surface area contributed by atoms with Crippen molar-refractivity contribution in [3.63, 3.8) is 0 Å². The lowest BCUT2D eigenvalue weighted by Gasteiger charge is -2.14. The topological polar surface area (TPSA) is 24.7 Å². The van der Waals surface area contributed by atoms with Crippen molar-refractivity contribution in [2.75, 3.05) is 0 Å². The van der Waals surface area contributed by atoms with Crippen LogP contribution >= 0.6 is 12.6 Å². The van der Waals surface area contributed by atoms with E-state index in [4.69, 9.17) is 0 Å². The van der Waals surface area contributed by atoms with Crippen molar-refractivity contribution >= 4 is 12.6 Å². The number of benzene rings is 1. The zero-order valence-electron chi connectivity index (χ0n) is 6.78. The van der Waals surface area contributed by atoms with Gasteiger partial charge in [-0.25, -0.2) is 0 Å². The zero-order valence-corrected chi connectivity index (χ0v) is 7.68. The summed E-state index contributed by atoms with van der Waals surface area (Å²) in [4.78, 5) is 0.603. The summed E-state index contributed by atoms with van der Waals surface area (Å²) in [6.07, 6.45) is -4.45. The molecule has 0 bridgehead atoms. The van der Waals surface area contributed by atoms with Gasteiger partial charge in [-0.2, -0.15) is 13.2 Å². The van der Waals surface area contributed by atoms with Crippen molar-refractivity contribution in [1.82, 2.24) is 0 Å². The molecular formula is C8H5F3N2S. The van der Waals surface area contributed by atoms with Gasteiger partial charge in [-0.3, -0.25) is 0 Å². The molecule has 1 aromatic carbocycles. The fourth-order valence-corrected chi connectivity index (χ4v) is 1.29. The Morgan fingerprint density at radius 1 is 1.07 bits per heavy atom. The number of hydrogen-bond donors (Lipinski definition) is 1. The molecule has 0 spiro atoms. The highest BCUT2D eigenvalue weighted by molar-refractivity contribution is 7.80. The van der Waals surface area contributed by atoms with Crippen LogP contribution in [0.5, 0.6) is 0 Å². The molecule has 1 aliphatic rings. The van der Waals surface area contributed by atoms with Crippen LogP contribution in [0.1, 0.15) is 5.56 Å². The molecule has 1 aliphatic heterocycles. The first-order valence-corrected chi connectivity index (χ1v) is 4.21. The Kier molecular flexibility index (Phi) is 1.85. The monoisotopic (exact) mass is 218 g/mol. The highest BCUT2D eigenvalue weighted by Crippen LogP contribution is 2.52. The van der Waals surface area contributed by atoms with Crippen LogP contribution in [-0.4, -0.2) is 6.18 Å². The molecule has 0 aromatic heterocycles. The number of hydrogen-bond acceptors (Lipinski definition) is 3. The summed E-state index contributed by atoms with van der Waals surface area (Å²) in [7, 11) is 0. The van der Waals surface area contributed by atoms with Crippen LogP contribution < -0.4 is 0 Å². The normalized spacial score (nSPS) is 18.3. The van der Waals surface area contributed by atoms with Gasteiger partial charge < -0.3 is 0 Å². The maximum absolute atomic E-state index is 12.5.